The predicted octanol–water partition coefficient (Wildman–Crippen LogP) is 2.16. The van der Waals surface area contributed by atoms with Gasteiger partial charge in [-0.1, -0.05) is 6.07 Å². The highest BCUT2D eigenvalue weighted by Gasteiger charge is 2.41. The molecule has 0 heterocycles. The molecule has 136 valence electrons. The Balaban J connectivity index is 1.97. The van der Waals surface area contributed by atoms with E-state index in [1.165, 1.54) is 30.3 Å². The van der Waals surface area contributed by atoms with Crippen LogP contribution in [0.15, 0.2) is 41.6 Å². The molecule has 0 amide bonds. The van der Waals surface area contributed by atoms with E-state index in [1.54, 1.807) is 0 Å². The number of hydrogen-bond donors (Lipinski definition) is 4. The molecular formula is C20H15NO6. The van der Waals surface area contributed by atoms with Crippen LogP contribution in [-0.4, -0.2) is 32.7 Å². The molecule has 0 unspecified atom stereocenters. The van der Waals surface area contributed by atoms with Crippen LogP contribution in [0.3, 0.4) is 0 Å². The molecule has 0 saturated heterocycles. The highest BCUT2D eigenvalue weighted by Crippen LogP contribution is 2.47. The molecule has 2 aliphatic rings. The van der Waals surface area contributed by atoms with E-state index in [1.807, 2.05) is 0 Å². The third-order valence-corrected chi connectivity index (χ3v) is 5.13. The summed E-state index contributed by atoms with van der Waals surface area (Å²) in [4.78, 5) is 38.0. The maximum Gasteiger partial charge on any atom is 0.209 e. The number of rotatable bonds is 1. The Hall–Kier alpha value is -3.61. The van der Waals surface area contributed by atoms with Crippen molar-refractivity contribution in [1.82, 2.24) is 0 Å². The molecule has 7 heteroatoms. The second kappa shape index (κ2) is 5.70. The lowest BCUT2D eigenvalue weighted by Crippen LogP contribution is -2.31. The van der Waals surface area contributed by atoms with Gasteiger partial charge < -0.3 is 21.1 Å². The summed E-state index contributed by atoms with van der Waals surface area (Å²) < 4.78 is 0. The zero-order valence-corrected chi connectivity index (χ0v) is 14.0. The first-order valence-corrected chi connectivity index (χ1v) is 8.32. The van der Waals surface area contributed by atoms with E-state index in [4.69, 9.17) is 5.73 Å². The lowest BCUT2D eigenvalue weighted by atomic mass is 9.72. The highest BCUT2D eigenvalue weighted by molar-refractivity contribution is 6.28. The minimum atomic E-state index is -0.853. The first kappa shape index (κ1) is 16.8. The normalized spacial score (nSPS) is 19.1. The van der Waals surface area contributed by atoms with Gasteiger partial charge in [-0.2, -0.15) is 0 Å². The van der Waals surface area contributed by atoms with Crippen LogP contribution in [0.1, 0.15) is 55.4 Å². The monoisotopic (exact) mass is 365 g/mol. The number of fused-ring (bicyclic) bond motifs is 2. The number of hydrogen-bond acceptors (Lipinski definition) is 7. The van der Waals surface area contributed by atoms with Crippen LogP contribution in [0.2, 0.25) is 0 Å². The zero-order chi connectivity index (χ0) is 19.5. The van der Waals surface area contributed by atoms with E-state index in [2.05, 4.69) is 0 Å². The van der Waals surface area contributed by atoms with Crippen molar-refractivity contribution < 1.29 is 29.7 Å². The Kier molecular flexibility index (Phi) is 3.56. The molecule has 4 rings (SSSR count). The average Bonchev–Trinajstić information content (AvgIpc) is 2.64. The molecule has 0 radical (unpaired) electrons. The van der Waals surface area contributed by atoms with Gasteiger partial charge in [0.2, 0.25) is 5.78 Å². The number of phenolic OH excluding ortho intramolecular Hbond substituents is 3. The molecule has 0 spiro atoms. The fraction of sp³-hybridized carbons (Fsp3) is 0.150. The Morgan fingerprint density at radius 3 is 2.26 bits per heavy atom. The molecule has 0 bridgehead atoms. The molecule has 0 aromatic heterocycles. The van der Waals surface area contributed by atoms with Crippen molar-refractivity contribution in [3.8, 4) is 17.2 Å². The van der Waals surface area contributed by atoms with Gasteiger partial charge in [-0.3, -0.25) is 14.4 Å². The number of aromatic hydroxyl groups is 3. The lowest BCUT2D eigenvalue weighted by Gasteiger charge is -2.30. The molecule has 2 aromatic carbocycles. The van der Waals surface area contributed by atoms with Crippen molar-refractivity contribution in [2.45, 2.75) is 18.8 Å². The minimum Gasteiger partial charge on any atom is -0.508 e. The summed E-state index contributed by atoms with van der Waals surface area (Å²) in [5.41, 5.74) is 5.48. The Labute approximate surface area is 153 Å². The van der Waals surface area contributed by atoms with Gasteiger partial charge in [0.25, 0.3) is 0 Å². The number of carbonyl (C=O) groups excluding carboxylic acids is 3. The molecule has 5 N–H and O–H groups in total. The second-order valence-corrected chi connectivity index (χ2v) is 6.59. The van der Waals surface area contributed by atoms with Crippen LogP contribution >= 0.6 is 0 Å². The van der Waals surface area contributed by atoms with E-state index >= 15 is 0 Å². The summed E-state index contributed by atoms with van der Waals surface area (Å²) in [5, 5.41) is 30.5. The summed E-state index contributed by atoms with van der Waals surface area (Å²) in [6, 6.07) is 6.56. The summed E-state index contributed by atoms with van der Waals surface area (Å²) in [7, 11) is 0. The van der Waals surface area contributed by atoms with Gasteiger partial charge in [-0.25, -0.2) is 0 Å². The van der Waals surface area contributed by atoms with Crippen molar-refractivity contribution in [2.24, 2.45) is 5.73 Å². The smallest absolute Gasteiger partial charge is 0.209 e. The van der Waals surface area contributed by atoms with E-state index < -0.39 is 17.5 Å². The summed E-state index contributed by atoms with van der Waals surface area (Å²) in [6.07, 6.45) is 0.154. The summed E-state index contributed by atoms with van der Waals surface area (Å²) in [6.45, 7) is 0. The molecule has 2 aliphatic carbocycles. The number of ketones is 3. The number of carbonyl (C=O) groups is 3. The van der Waals surface area contributed by atoms with E-state index in [0.29, 0.717) is 0 Å². The SMILES string of the molecule is NC1=C([C@H]2CCC(=O)c3c(O)ccc(O)c32)C(=O)c2c(O)cccc2C1=O. The fourth-order valence-corrected chi connectivity index (χ4v) is 3.91. The van der Waals surface area contributed by atoms with Gasteiger partial charge in [-0.05, 0) is 30.7 Å². The number of phenols is 3. The van der Waals surface area contributed by atoms with Crippen molar-refractivity contribution >= 4 is 17.3 Å². The summed E-state index contributed by atoms with van der Waals surface area (Å²) >= 11 is 0. The molecule has 0 fully saturated rings. The molecular weight excluding hydrogens is 350 g/mol. The molecule has 2 aromatic rings. The van der Waals surface area contributed by atoms with E-state index in [9.17, 15) is 29.7 Å². The Bertz CT molecular complexity index is 1080. The van der Waals surface area contributed by atoms with Crippen LogP contribution in [0, 0.1) is 0 Å². The largest absolute Gasteiger partial charge is 0.508 e. The van der Waals surface area contributed by atoms with Crippen LogP contribution in [0.4, 0.5) is 0 Å². The van der Waals surface area contributed by atoms with Gasteiger partial charge in [0, 0.05) is 29.0 Å². The lowest BCUT2D eigenvalue weighted by molar-refractivity contribution is 0.0944. The van der Waals surface area contributed by atoms with Crippen molar-refractivity contribution in [3.05, 3.63) is 63.9 Å². The predicted molar refractivity (Wildman–Crippen MR) is 94.1 cm³/mol. The third kappa shape index (κ3) is 2.25. The van der Waals surface area contributed by atoms with Gasteiger partial charge in [0.15, 0.2) is 11.6 Å². The quantitative estimate of drug-likeness (QED) is 0.568. The van der Waals surface area contributed by atoms with Crippen molar-refractivity contribution in [2.75, 3.05) is 0 Å². The van der Waals surface area contributed by atoms with Crippen LogP contribution in [0.25, 0.3) is 0 Å². The van der Waals surface area contributed by atoms with Gasteiger partial charge >= 0.3 is 0 Å². The van der Waals surface area contributed by atoms with Crippen LogP contribution < -0.4 is 5.73 Å². The van der Waals surface area contributed by atoms with E-state index in [0.717, 1.165) is 0 Å². The average molecular weight is 365 g/mol. The minimum absolute atomic E-state index is 0.00786. The summed E-state index contributed by atoms with van der Waals surface area (Å²) in [5.74, 6) is -3.38. The number of nitrogens with two attached hydrogens (primary N) is 1. The maximum absolute atomic E-state index is 13.1. The first-order chi connectivity index (χ1) is 12.8. The second-order valence-electron chi connectivity index (χ2n) is 6.59. The molecule has 7 nitrogen and oxygen atoms in total. The molecule has 0 aliphatic heterocycles. The maximum atomic E-state index is 13.1. The van der Waals surface area contributed by atoms with Crippen LogP contribution in [0.5, 0.6) is 17.2 Å². The molecule has 1 atom stereocenters. The Morgan fingerprint density at radius 1 is 0.852 bits per heavy atom. The van der Waals surface area contributed by atoms with Gasteiger partial charge in [-0.15, -0.1) is 0 Å². The Morgan fingerprint density at radius 2 is 1.52 bits per heavy atom. The number of allylic oxidation sites excluding steroid dienone is 2. The third-order valence-electron chi connectivity index (χ3n) is 5.13. The molecule has 27 heavy (non-hydrogen) atoms. The van der Waals surface area contributed by atoms with Crippen LogP contribution in [-0.2, 0) is 0 Å². The van der Waals surface area contributed by atoms with Gasteiger partial charge in [0.1, 0.15) is 17.2 Å². The fourth-order valence-electron chi connectivity index (χ4n) is 3.91. The molecule has 0 saturated carbocycles. The highest BCUT2D eigenvalue weighted by atomic mass is 16.3. The zero-order valence-electron chi connectivity index (χ0n) is 14.0. The van der Waals surface area contributed by atoms with Crippen molar-refractivity contribution in [3.63, 3.8) is 0 Å². The van der Waals surface area contributed by atoms with Crippen molar-refractivity contribution in [1.29, 1.82) is 0 Å². The first-order valence-electron chi connectivity index (χ1n) is 8.32. The topological polar surface area (TPSA) is 138 Å². The number of Topliss-reactive ketones (excluding diaryl/α,β-unsaturated/α-hetero) is 3. The number of benzene rings is 2. The van der Waals surface area contributed by atoms with Gasteiger partial charge in [0.05, 0.1) is 16.8 Å². The van der Waals surface area contributed by atoms with E-state index in [-0.39, 0.29) is 69.4 Å². The standard InChI is InChI=1S/C20H15NO6/c21-18-16(20(27)15-9(19(18)26)2-1-3-10(15)22)8-4-5-12(24)17-13(25)7-6-11(23)14(8)17/h1-3,6-8,22-23,25H,4-5,21H2/t8-/m0/s1.